The smallest absolute Gasteiger partial charge is 0.224 e. The number of rotatable bonds is 4. The number of hydrogen-bond acceptors (Lipinski definition) is 2. The molecule has 21 heavy (non-hydrogen) atoms. The summed E-state index contributed by atoms with van der Waals surface area (Å²) in [5.41, 5.74) is 8.66. The summed E-state index contributed by atoms with van der Waals surface area (Å²) < 4.78 is 13.3. The van der Waals surface area contributed by atoms with Crippen LogP contribution >= 0.6 is 0 Å². The Labute approximate surface area is 124 Å². The van der Waals surface area contributed by atoms with Crippen LogP contribution in [0.1, 0.15) is 30.4 Å². The average molecular weight is 286 g/mol. The van der Waals surface area contributed by atoms with Crippen molar-refractivity contribution in [1.29, 1.82) is 0 Å². The van der Waals surface area contributed by atoms with E-state index < -0.39 is 0 Å². The molecule has 2 aromatic rings. The summed E-state index contributed by atoms with van der Waals surface area (Å²) in [6, 6.07) is 12.0. The lowest BCUT2D eigenvalue weighted by Gasteiger charge is -2.12. The molecule has 110 valence electrons. The molecule has 1 atom stereocenters. The molecule has 2 rings (SSSR count). The highest BCUT2D eigenvalue weighted by molar-refractivity contribution is 5.91. The third kappa shape index (κ3) is 4.31. The molecule has 0 aromatic heterocycles. The quantitative estimate of drug-likeness (QED) is 0.839. The molecular formula is C17H19FN2O. The average Bonchev–Trinajstić information content (AvgIpc) is 2.37. The molecule has 0 saturated carbocycles. The molecule has 0 radical (unpaired) electrons. The molecule has 3 N–H and O–H groups in total. The Balaban J connectivity index is 1.99. The first-order chi connectivity index (χ1) is 9.94. The Kier molecular flexibility index (Phi) is 4.58. The normalized spacial score (nSPS) is 12.0. The summed E-state index contributed by atoms with van der Waals surface area (Å²) in [7, 11) is 0. The van der Waals surface area contributed by atoms with Gasteiger partial charge in [0.2, 0.25) is 5.91 Å². The van der Waals surface area contributed by atoms with Crippen LogP contribution in [0.15, 0.2) is 42.5 Å². The summed E-state index contributed by atoms with van der Waals surface area (Å²) in [6.45, 7) is 3.76. The number of carbonyl (C=O) groups is 1. The number of benzene rings is 2. The third-order valence-electron chi connectivity index (χ3n) is 3.32. The van der Waals surface area contributed by atoms with Gasteiger partial charge in [0.25, 0.3) is 0 Å². The van der Waals surface area contributed by atoms with Crippen molar-refractivity contribution in [2.75, 3.05) is 11.1 Å². The lowest BCUT2D eigenvalue weighted by atomic mass is 9.97. The van der Waals surface area contributed by atoms with Crippen LogP contribution in [-0.4, -0.2) is 5.91 Å². The van der Waals surface area contributed by atoms with Crippen molar-refractivity contribution in [2.45, 2.75) is 26.2 Å². The van der Waals surface area contributed by atoms with E-state index >= 15 is 0 Å². The van der Waals surface area contributed by atoms with Crippen LogP contribution in [0.4, 0.5) is 15.8 Å². The van der Waals surface area contributed by atoms with Gasteiger partial charge >= 0.3 is 0 Å². The number of anilines is 2. The predicted molar refractivity (Wildman–Crippen MR) is 83.7 cm³/mol. The molecule has 4 heteroatoms. The van der Waals surface area contributed by atoms with E-state index in [0.717, 1.165) is 11.1 Å². The minimum absolute atomic E-state index is 0.0697. The Morgan fingerprint density at radius 2 is 1.90 bits per heavy atom. The highest BCUT2D eigenvalue weighted by Crippen LogP contribution is 2.21. The molecule has 0 saturated heterocycles. The summed E-state index contributed by atoms with van der Waals surface area (Å²) in [5, 5.41) is 2.73. The SMILES string of the molecule is Cc1cc(F)cc(NC(=O)CC(C)c2ccc(N)cc2)c1. The number of hydrogen-bond donors (Lipinski definition) is 2. The number of nitrogen functional groups attached to an aromatic ring is 1. The first-order valence-corrected chi connectivity index (χ1v) is 6.86. The van der Waals surface area contributed by atoms with Gasteiger partial charge in [-0.2, -0.15) is 0 Å². The Morgan fingerprint density at radius 1 is 1.24 bits per heavy atom. The summed E-state index contributed by atoms with van der Waals surface area (Å²) in [4.78, 5) is 12.0. The largest absolute Gasteiger partial charge is 0.399 e. The van der Waals surface area contributed by atoms with Crippen LogP contribution < -0.4 is 11.1 Å². The van der Waals surface area contributed by atoms with Crippen molar-refractivity contribution in [3.8, 4) is 0 Å². The van der Waals surface area contributed by atoms with E-state index in [1.807, 2.05) is 31.2 Å². The van der Waals surface area contributed by atoms with E-state index in [1.54, 1.807) is 13.0 Å². The highest BCUT2D eigenvalue weighted by Gasteiger charge is 2.12. The van der Waals surface area contributed by atoms with Crippen molar-refractivity contribution >= 4 is 17.3 Å². The highest BCUT2D eigenvalue weighted by atomic mass is 19.1. The lowest BCUT2D eigenvalue weighted by Crippen LogP contribution is -2.14. The van der Waals surface area contributed by atoms with E-state index in [4.69, 9.17) is 5.73 Å². The summed E-state index contributed by atoms with van der Waals surface area (Å²) >= 11 is 0. The molecule has 0 heterocycles. The van der Waals surface area contributed by atoms with Gasteiger partial charge in [0, 0.05) is 17.8 Å². The van der Waals surface area contributed by atoms with E-state index in [-0.39, 0.29) is 17.6 Å². The summed E-state index contributed by atoms with van der Waals surface area (Å²) in [6.07, 6.45) is 0.333. The van der Waals surface area contributed by atoms with Gasteiger partial charge in [-0.05, 0) is 54.3 Å². The van der Waals surface area contributed by atoms with E-state index in [2.05, 4.69) is 5.32 Å². The zero-order valence-corrected chi connectivity index (χ0v) is 12.2. The topological polar surface area (TPSA) is 55.1 Å². The minimum Gasteiger partial charge on any atom is -0.399 e. The van der Waals surface area contributed by atoms with Crippen LogP contribution in [0.25, 0.3) is 0 Å². The number of amides is 1. The van der Waals surface area contributed by atoms with Crippen molar-refractivity contribution in [3.63, 3.8) is 0 Å². The lowest BCUT2D eigenvalue weighted by molar-refractivity contribution is -0.116. The predicted octanol–water partition coefficient (Wildman–Crippen LogP) is 3.85. The van der Waals surface area contributed by atoms with Gasteiger partial charge < -0.3 is 11.1 Å². The van der Waals surface area contributed by atoms with Gasteiger partial charge in [0.05, 0.1) is 0 Å². The maximum Gasteiger partial charge on any atom is 0.224 e. The molecule has 0 fully saturated rings. The number of nitrogens with two attached hydrogens (primary N) is 1. The fourth-order valence-corrected chi connectivity index (χ4v) is 2.24. The second-order valence-electron chi connectivity index (χ2n) is 5.34. The van der Waals surface area contributed by atoms with Gasteiger partial charge in [-0.15, -0.1) is 0 Å². The van der Waals surface area contributed by atoms with Crippen LogP contribution in [0.5, 0.6) is 0 Å². The van der Waals surface area contributed by atoms with E-state index in [0.29, 0.717) is 17.8 Å². The maximum atomic E-state index is 13.3. The van der Waals surface area contributed by atoms with E-state index in [1.165, 1.54) is 12.1 Å². The van der Waals surface area contributed by atoms with Gasteiger partial charge in [0.1, 0.15) is 5.82 Å². The third-order valence-corrected chi connectivity index (χ3v) is 3.32. The van der Waals surface area contributed by atoms with Gasteiger partial charge in [-0.25, -0.2) is 4.39 Å². The molecule has 0 bridgehead atoms. The van der Waals surface area contributed by atoms with Crippen LogP contribution in [0.2, 0.25) is 0 Å². The van der Waals surface area contributed by atoms with Gasteiger partial charge in [0.15, 0.2) is 0 Å². The van der Waals surface area contributed by atoms with Crippen LogP contribution in [-0.2, 0) is 4.79 Å². The molecule has 0 aliphatic heterocycles. The molecule has 0 aliphatic rings. The second-order valence-corrected chi connectivity index (χ2v) is 5.34. The molecular weight excluding hydrogens is 267 g/mol. The van der Waals surface area contributed by atoms with Crippen molar-refractivity contribution < 1.29 is 9.18 Å². The zero-order valence-electron chi connectivity index (χ0n) is 12.2. The fraction of sp³-hybridized carbons (Fsp3) is 0.235. The number of carbonyl (C=O) groups excluding carboxylic acids is 1. The summed E-state index contributed by atoms with van der Waals surface area (Å²) in [5.74, 6) is -0.415. The monoisotopic (exact) mass is 286 g/mol. The van der Waals surface area contributed by atoms with Crippen molar-refractivity contribution in [3.05, 3.63) is 59.4 Å². The van der Waals surface area contributed by atoms with Crippen LogP contribution in [0, 0.1) is 12.7 Å². The Hall–Kier alpha value is -2.36. The number of halogens is 1. The van der Waals surface area contributed by atoms with E-state index in [9.17, 15) is 9.18 Å². The Morgan fingerprint density at radius 3 is 2.52 bits per heavy atom. The molecule has 1 amide bonds. The van der Waals surface area contributed by atoms with Crippen molar-refractivity contribution in [1.82, 2.24) is 0 Å². The molecule has 2 aromatic carbocycles. The van der Waals surface area contributed by atoms with Gasteiger partial charge in [-0.3, -0.25) is 4.79 Å². The molecule has 3 nitrogen and oxygen atoms in total. The van der Waals surface area contributed by atoms with Gasteiger partial charge in [-0.1, -0.05) is 19.1 Å². The number of aryl methyl sites for hydroxylation is 1. The maximum absolute atomic E-state index is 13.3. The first-order valence-electron chi connectivity index (χ1n) is 6.86. The molecule has 0 spiro atoms. The van der Waals surface area contributed by atoms with Crippen LogP contribution in [0.3, 0.4) is 0 Å². The minimum atomic E-state index is -0.350. The number of nitrogens with one attached hydrogen (secondary N) is 1. The van der Waals surface area contributed by atoms with Crippen molar-refractivity contribution in [2.24, 2.45) is 0 Å². The molecule has 1 unspecified atom stereocenters. The Bertz CT molecular complexity index is 617. The molecule has 0 aliphatic carbocycles. The standard InChI is InChI=1S/C17H19FN2O/c1-11-7-14(18)10-16(8-11)20-17(21)9-12(2)13-3-5-15(19)6-4-13/h3-8,10,12H,9,19H2,1-2H3,(H,20,21). The first kappa shape index (κ1) is 15.0. The fourth-order valence-electron chi connectivity index (χ4n) is 2.24. The second kappa shape index (κ2) is 6.39. The zero-order chi connectivity index (χ0) is 15.4.